The molecule has 354 valence electrons. The summed E-state index contributed by atoms with van der Waals surface area (Å²) in [7, 11) is 0. The Bertz CT molecular complexity index is 4280. The van der Waals surface area contributed by atoms with Crippen LogP contribution < -0.4 is 0 Å². The van der Waals surface area contributed by atoms with Gasteiger partial charge in [-0.05, 0) is 116 Å². The van der Waals surface area contributed by atoms with E-state index in [4.69, 9.17) is 4.98 Å². The Morgan fingerprint density at radius 2 is 0.592 bits per heavy atom. The van der Waals surface area contributed by atoms with Gasteiger partial charge in [-0.1, -0.05) is 218 Å². The molecule has 76 heavy (non-hydrogen) atoms. The summed E-state index contributed by atoms with van der Waals surface area (Å²) in [6.07, 6.45) is 0. The molecule has 0 N–H and O–H groups in total. The van der Waals surface area contributed by atoms with Gasteiger partial charge in [-0.15, -0.1) is 0 Å². The number of para-hydroxylation sites is 2. The number of rotatable bonds is 9. The van der Waals surface area contributed by atoms with E-state index in [1.165, 1.54) is 22.3 Å². The average Bonchev–Trinajstić information content (AvgIpc) is 4.02. The highest BCUT2D eigenvalue weighted by Crippen LogP contribution is 2.44. The normalized spacial score (nSPS) is 11.4. The smallest absolute Gasteiger partial charge is 0.104 e. The minimum absolute atomic E-state index is 0.562. The largest absolute Gasteiger partial charge is 0.308 e. The van der Waals surface area contributed by atoms with Crippen LogP contribution in [0.15, 0.2) is 279 Å². The third kappa shape index (κ3) is 7.57. The summed E-state index contributed by atoms with van der Waals surface area (Å²) in [4.78, 5) is 5.30. The van der Waals surface area contributed by atoms with Crippen LogP contribution in [0.3, 0.4) is 0 Å². The zero-order chi connectivity index (χ0) is 50.5. The monoisotopic (exact) mass is 966 g/mol. The lowest BCUT2D eigenvalue weighted by Crippen LogP contribution is -2.05. The number of hydrogen-bond donors (Lipinski definition) is 0. The van der Waals surface area contributed by atoms with Crippen LogP contribution in [0.1, 0.15) is 5.56 Å². The number of nitriles is 1. The molecule has 0 unspecified atom stereocenters. The third-order valence-electron chi connectivity index (χ3n) is 15.0. The first kappa shape index (κ1) is 44.4. The van der Waals surface area contributed by atoms with Gasteiger partial charge >= 0.3 is 0 Å². The highest BCUT2D eigenvalue weighted by atomic mass is 15.0. The second-order valence-electron chi connectivity index (χ2n) is 19.4. The van der Waals surface area contributed by atoms with E-state index >= 15 is 0 Å². The van der Waals surface area contributed by atoms with E-state index in [0.29, 0.717) is 5.56 Å². The molecule has 0 amide bonds. The van der Waals surface area contributed by atoms with E-state index in [1.54, 1.807) is 0 Å². The lowest BCUT2D eigenvalue weighted by molar-refractivity contribution is 1.12. The molecule has 3 heterocycles. The van der Waals surface area contributed by atoms with Crippen molar-refractivity contribution in [1.82, 2.24) is 14.1 Å². The number of nitrogens with zero attached hydrogens (tertiary/aromatic N) is 4. The van der Waals surface area contributed by atoms with Crippen LogP contribution in [0.2, 0.25) is 0 Å². The van der Waals surface area contributed by atoms with Gasteiger partial charge in [0.15, 0.2) is 0 Å². The molecule has 11 aromatic carbocycles. The lowest BCUT2D eigenvalue weighted by Gasteiger charge is -2.19. The van der Waals surface area contributed by atoms with Gasteiger partial charge < -0.3 is 9.13 Å². The molecule has 3 aromatic heterocycles. The highest BCUT2D eigenvalue weighted by molar-refractivity contribution is 6.13. The van der Waals surface area contributed by atoms with Gasteiger partial charge in [0.25, 0.3) is 0 Å². The molecule has 0 saturated carbocycles. The second kappa shape index (κ2) is 18.6. The van der Waals surface area contributed by atoms with Crippen LogP contribution in [-0.4, -0.2) is 14.1 Å². The van der Waals surface area contributed by atoms with Gasteiger partial charge in [0.05, 0.1) is 44.8 Å². The van der Waals surface area contributed by atoms with E-state index in [2.05, 4.69) is 282 Å². The van der Waals surface area contributed by atoms with Crippen LogP contribution in [-0.2, 0) is 0 Å². The predicted molar refractivity (Wildman–Crippen MR) is 316 cm³/mol. The fourth-order valence-electron chi connectivity index (χ4n) is 11.5. The number of fused-ring (bicyclic) bond motifs is 6. The maximum Gasteiger partial charge on any atom is 0.104 e. The van der Waals surface area contributed by atoms with Crippen molar-refractivity contribution < 1.29 is 0 Å². The van der Waals surface area contributed by atoms with Crippen LogP contribution in [0.25, 0.3) is 133 Å². The molecule has 0 radical (unpaired) electrons. The van der Waals surface area contributed by atoms with E-state index in [0.717, 1.165) is 111 Å². The summed E-state index contributed by atoms with van der Waals surface area (Å²) in [5.41, 5.74) is 21.2. The molecule has 14 rings (SSSR count). The van der Waals surface area contributed by atoms with Crippen molar-refractivity contribution in [2.24, 2.45) is 0 Å². The first-order valence-corrected chi connectivity index (χ1v) is 25.8. The summed E-state index contributed by atoms with van der Waals surface area (Å²) in [6, 6.07) is 102. The average molecular weight is 967 g/mol. The fourth-order valence-corrected chi connectivity index (χ4v) is 11.5. The topological polar surface area (TPSA) is 46.5 Å². The first-order chi connectivity index (χ1) is 37.7. The molecular weight excluding hydrogens is 921 g/mol. The fraction of sp³-hybridized carbons (Fsp3) is 0. The highest BCUT2D eigenvalue weighted by Gasteiger charge is 2.24. The van der Waals surface area contributed by atoms with Gasteiger partial charge in [0.2, 0.25) is 0 Å². The molecule has 0 bridgehead atoms. The molecule has 0 fully saturated rings. The number of aromatic nitrogens is 3. The molecule has 4 nitrogen and oxygen atoms in total. The molecule has 4 heteroatoms. The van der Waals surface area contributed by atoms with Crippen molar-refractivity contribution in [2.75, 3.05) is 0 Å². The Labute approximate surface area is 440 Å². The molecular formula is C72H46N4. The van der Waals surface area contributed by atoms with E-state index in [-0.39, 0.29) is 0 Å². The molecule has 14 aromatic rings. The maximum absolute atomic E-state index is 11.9. The Kier molecular flexibility index (Phi) is 10.9. The van der Waals surface area contributed by atoms with E-state index < -0.39 is 0 Å². The van der Waals surface area contributed by atoms with Gasteiger partial charge in [0.1, 0.15) is 11.6 Å². The van der Waals surface area contributed by atoms with Crippen molar-refractivity contribution in [3.05, 3.63) is 285 Å². The Balaban J connectivity index is 1.05. The van der Waals surface area contributed by atoms with Crippen LogP contribution in [0, 0.1) is 11.3 Å². The zero-order valence-electron chi connectivity index (χ0n) is 41.3. The minimum atomic E-state index is 0.562. The third-order valence-corrected chi connectivity index (χ3v) is 15.0. The van der Waals surface area contributed by atoms with Crippen molar-refractivity contribution in [3.63, 3.8) is 0 Å². The van der Waals surface area contributed by atoms with Crippen LogP contribution >= 0.6 is 0 Å². The van der Waals surface area contributed by atoms with Crippen LogP contribution in [0.4, 0.5) is 0 Å². The maximum atomic E-state index is 11.9. The van der Waals surface area contributed by atoms with Crippen molar-refractivity contribution in [3.8, 4) is 95.6 Å². The number of benzene rings is 11. The zero-order valence-corrected chi connectivity index (χ0v) is 41.3. The Hall–Kier alpha value is -10.3. The standard InChI is InChI=1S/C72H46N4/c73-47-64-71(75-67-35-19-17-33-60(67)62-41-52(37-39-69(62)75)58-31-15-13-29-56(58)48-21-5-1-6-22-48)45-55(54-43-65(50-25-9-3-10-26-50)74-66(44-54)51-27-11-4-12-28-51)46-72(64)76-68-36-20-18-34-61(68)63-42-53(38-40-70(63)76)59-32-16-14-30-57(59)49-23-7-2-8-24-49/h1-46H. The molecule has 0 spiro atoms. The summed E-state index contributed by atoms with van der Waals surface area (Å²) >= 11 is 0. The molecule has 0 aliphatic rings. The van der Waals surface area contributed by atoms with E-state index in [1.807, 2.05) is 12.1 Å². The lowest BCUT2D eigenvalue weighted by atomic mass is 9.94. The van der Waals surface area contributed by atoms with Crippen molar-refractivity contribution >= 4 is 43.6 Å². The Morgan fingerprint density at radius 3 is 1.00 bits per heavy atom. The quantitative estimate of drug-likeness (QED) is 0.145. The predicted octanol–water partition coefficient (Wildman–Crippen LogP) is 18.8. The van der Waals surface area contributed by atoms with Gasteiger partial charge in [-0.25, -0.2) is 4.98 Å². The molecule has 0 aliphatic carbocycles. The number of pyridine rings is 1. The number of hydrogen-bond acceptors (Lipinski definition) is 2. The van der Waals surface area contributed by atoms with E-state index in [9.17, 15) is 5.26 Å². The SMILES string of the molecule is N#Cc1c(-n2c3ccccc3c3cc(-c4ccccc4-c4ccccc4)ccc32)cc(-c2cc(-c3ccccc3)nc(-c3ccccc3)c2)cc1-n1c2ccccc2c2cc(-c3ccccc3-c3ccccc3)ccc21. The van der Waals surface area contributed by atoms with Crippen molar-refractivity contribution in [2.45, 2.75) is 0 Å². The molecule has 0 aliphatic heterocycles. The minimum Gasteiger partial charge on any atom is -0.308 e. The van der Waals surface area contributed by atoms with Gasteiger partial charge in [0, 0.05) is 32.7 Å². The first-order valence-electron chi connectivity index (χ1n) is 25.8. The van der Waals surface area contributed by atoms with Gasteiger partial charge in [-0.2, -0.15) is 5.26 Å². The Morgan fingerprint density at radius 1 is 0.263 bits per heavy atom. The molecule has 0 atom stereocenters. The summed E-state index contributed by atoms with van der Waals surface area (Å²) < 4.78 is 4.63. The summed E-state index contributed by atoms with van der Waals surface area (Å²) in [5, 5.41) is 16.3. The molecule has 0 saturated heterocycles. The van der Waals surface area contributed by atoms with Crippen LogP contribution in [0.5, 0.6) is 0 Å². The summed E-state index contributed by atoms with van der Waals surface area (Å²) in [6.45, 7) is 0. The van der Waals surface area contributed by atoms with Gasteiger partial charge in [-0.3, -0.25) is 0 Å². The summed E-state index contributed by atoms with van der Waals surface area (Å²) in [5.74, 6) is 0. The second-order valence-corrected chi connectivity index (χ2v) is 19.4. The van der Waals surface area contributed by atoms with Crippen molar-refractivity contribution in [1.29, 1.82) is 5.26 Å².